The first-order chi connectivity index (χ1) is 12.4. The summed E-state index contributed by atoms with van der Waals surface area (Å²) in [4.78, 5) is 13.9. The SMILES string of the molecule is CC[C@H]1O[C@@H](C(=O)N(C)C)C/C=C(/Cl)C[C@H]1OCc1ccc(OC)cc1. The van der Waals surface area contributed by atoms with Crippen LogP contribution in [0.15, 0.2) is 35.4 Å². The van der Waals surface area contributed by atoms with Crippen molar-refractivity contribution in [1.29, 1.82) is 0 Å². The fraction of sp³-hybridized carbons (Fsp3) is 0.550. The zero-order valence-corrected chi connectivity index (χ0v) is 16.7. The summed E-state index contributed by atoms with van der Waals surface area (Å²) in [5.74, 6) is 0.755. The van der Waals surface area contributed by atoms with Crippen LogP contribution in [-0.4, -0.2) is 50.3 Å². The fourth-order valence-corrected chi connectivity index (χ4v) is 3.13. The molecule has 0 saturated carbocycles. The number of methoxy groups -OCH3 is 1. The van der Waals surface area contributed by atoms with Crippen LogP contribution in [0.2, 0.25) is 0 Å². The summed E-state index contributed by atoms with van der Waals surface area (Å²) in [5.41, 5.74) is 1.05. The number of hydrogen-bond acceptors (Lipinski definition) is 4. The minimum absolute atomic E-state index is 0.0556. The number of ether oxygens (including phenoxy) is 3. The molecule has 5 nitrogen and oxygen atoms in total. The fourth-order valence-electron chi connectivity index (χ4n) is 2.89. The summed E-state index contributed by atoms with van der Waals surface area (Å²) in [6, 6.07) is 7.76. The first-order valence-electron chi connectivity index (χ1n) is 8.90. The van der Waals surface area contributed by atoms with Crippen molar-refractivity contribution in [1.82, 2.24) is 4.90 Å². The summed E-state index contributed by atoms with van der Waals surface area (Å²) >= 11 is 6.37. The Labute approximate surface area is 160 Å². The highest BCUT2D eigenvalue weighted by atomic mass is 35.5. The topological polar surface area (TPSA) is 48.0 Å². The van der Waals surface area contributed by atoms with Gasteiger partial charge in [-0.05, 0) is 24.1 Å². The summed E-state index contributed by atoms with van der Waals surface area (Å²) < 4.78 is 17.4. The van der Waals surface area contributed by atoms with Gasteiger partial charge in [0, 0.05) is 32.0 Å². The van der Waals surface area contributed by atoms with Gasteiger partial charge in [-0.15, -0.1) is 0 Å². The molecular formula is C20H28ClNO4. The van der Waals surface area contributed by atoms with Gasteiger partial charge in [0.15, 0.2) is 0 Å². The van der Waals surface area contributed by atoms with Crippen LogP contribution in [0.5, 0.6) is 5.75 Å². The second-order valence-electron chi connectivity index (χ2n) is 6.59. The summed E-state index contributed by atoms with van der Waals surface area (Å²) in [7, 11) is 5.10. The van der Waals surface area contributed by atoms with Crippen LogP contribution in [-0.2, 0) is 20.9 Å². The van der Waals surface area contributed by atoms with E-state index in [2.05, 4.69) is 0 Å². The third-order valence-electron chi connectivity index (χ3n) is 4.45. The van der Waals surface area contributed by atoms with Crippen LogP contribution in [0.1, 0.15) is 31.7 Å². The molecule has 6 heteroatoms. The van der Waals surface area contributed by atoms with Crippen LogP contribution < -0.4 is 4.74 Å². The zero-order valence-electron chi connectivity index (χ0n) is 15.9. The number of nitrogens with zero attached hydrogens (tertiary/aromatic N) is 1. The summed E-state index contributed by atoms with van der Waals surface area (Å²) in [6.45, 7) is 2.48. The third kappa shape index (κ3) is 5.73. The number of likely N-dealkylation sites (N-methyl/N-ethyl adjacent to an activating group) is 1. The average molecular weight is 382 g/mol. The molecule has 1 aliphatic rings. The largest absolute Gasteiger partial charge is 0.497 e. The van der Waals surface area contributed by atoms with Crippen molar-refractivity contribution in [2.45, 2.75) is 51.1 Å². The smallest absolute Gasteiger partial charge is 0.251 e. The minimum atomic E-state index is -0.531. The molecule has 0 radical (unpaired) electrons. The van der Waals surface area contributed by atoms with E-state index in [1.54, 1.807) is 26.1 Å². The van der Waals surface area contributed by atoms with Gasteiger partial charge >= 0.3 is 0 Å². The van der Waals surface area contributed by atoms with Crippen molar-refractivity contribution in [3.05, 3.63) is 40.9 Å². The van der Waals surface area contributed by atoms with Gasteiger partial charge < -0.3 is 19.1 Å². The van der Waals surface area contributed by atoms with Crippen molar-refractivity contribution in [3.8, 4) is 5.75 Å². The minimum Gasteiger partial charge on any atom is -0.497 e. The second kappa shape index (κ2) is 9.95. The van der Waals surface area contributed by atoms with Gasteiger partial charge in [0.05, 0.1) is 25.9 Å². The Morgan fingerprint density at radius 3 is 2.58 bits per heavy atom. The number of halogens is 1. The second-order valence-corrected chi connectivity index (χ2v) is 7.08. The monoisotopic (exact) mass is 381 g/mol. The highest BCUT2D eigenvalue weighted by molar-refractivity contribution is 6.29. The molecule has 0 bridgehead atoms. The Morgan fingerprint density at radius 2 is 2.00 bits per heavy atom. The number of carbonyl (C=O) groups is 1. The molecule has 0 saturated heterocycles. The number of benzene rings is 1. The molecule has 1 aromatic rings. The van der Waals surface area contributed by atoms with Crippen LogP contribution >= 0.6 is 11.6 Å². The molecular weight excluding hydrogens is 354 g/mol. The molecule has 0 aromatic heterocycles. The Hall–Kier alpha value is -1.56. The van der Waals surface area contributed by atoms with Crippen molar-refractivity contribution in [2.75, 3.05) is 21.2 Å². The van der Waals surface area contributed by atoms with E-state index >= 15 is 0 Å². The molecule has 0 fully saturated rings. The van der Waals surface area contributed by atoms with E-state index in [1.165, 1.54) is 0 Å². The maximum absolute atomic E-state index is 12.4. The Kier molecular flexibility index (Phi) is 7.94. The number of rotatable bonds is 6. The van der Waals surface area contributed by atoms with Crippen LogP contribution in [0.3, 0.4) is 0 Å². The summed E-state index contributed by atoms with van der Waals surface area (Å²) in [5, 5.41) is 0.711. The predicted molar refractivity (Wildman–Crippen MR) is 102 cm³/mol. The number of hydrogen-bond donors (Lipinski definition) is 0. The van der Waals surface area contributed by atoms with E-state index in [1.807, 2.05) is 37.3 Å². The lowest BCUT2D eigenvalue weighted by Crippen LogP contribution is -2.42. The molecule has 1 amide bonds. The van der Waals surface area contributed by atoms with E-state index < -0.39 is 6.10 Å². The molecule has 0 N–H and O–H groups in total. The Bertz CT molecular complexity index is 615. The lowest BCUT2D eigenvalue weighted by atomic mass is 10.0. The van der Waals surface area contributed by atoms with Gasteiger partial charge in [0.2, 0.25) is 0 Å². The van der Waals surface area contributed by atoms with Gasteiger partial charge in [-0.3, -0.25) is 4.79 Å². The van der Waals surface area contributed by atoms with E-state index in [0.717, 1.165) is 17.7 Å². The molecule has 0 spiro atoms. The predicted octanol–water partition coefficient (Wildman–Crippen LogP) is 3.75. The molecule has 0 aliphatic carbocycles. The molecule has 0 unspecified atom stereocenters. The summed E-state index contributed by atoms with van der Waals surface area (Å²) in [6.07, 6.45) is 2.75. The molecule has 1 aromatic carbocycles. The number of carbonyl (C=O) groups excluding carboxylic acids is 1. The van der Waals surface area contributed by atoms with Crippen molar-refractivity contribution < 1.29 is 19.0 Å². The zero-order chi connectivity index (χ0) is 19.1. The van der Waals surface area contributed by atoms with Crippen LogP contribution in [0.4, 0.5) is 0 Å². The molecule has 1 aliphatic heterocycles. The molecule has 1 heterocycles. The first kappa shape index (κ1) is 20.7. The maximum atomic E-state index is 12.4. The quantitative estimate of drug-likeness (QED) is 0.753. The third-order valence-corrected chi connectivity index (χ3v) is 4.75. The Morgan fingerprint density at radius 1 is 1.31 bits per heavy atom. The van der Waals surface area contributed by atoms with Crippen LogP contribution in [0.25, 0.3) is 0 Å². The maximum Gasteiger partial charge on any atom is 0.251 e. The van der Waals surface area contributed by atoms with Crippen molar-refractivity contribution in [3.63, 3.8) is 0 Å². The van der Waals surface area contributed by atoms with Gasteiger partial charge in [0.1, 0.15) is 11.9 Å². The first-order valence-corrected chi connectivity index (χ1v) is 9.28. The van der Waals surface area contributed by atoms with Gasteiger partial charge in [0.25, 0.3) is 5.91 Å². The van der Waals surface area contributed by atoms with Crippen LogP contribution in [0, 0.1) is 0 Å². The van der Waals surface area contributed by atoms with E-state index in [0.29, 0.717) is 24.5 Å². The number of amides is 1. The lowest BCUT2D eigenvalue weighted by Gasteiger charge is -2.32. The van der Waals surface area contributed by atoms with Gasteiger partial charge in [-0.2, -0.15) is 0 Å². The van der Waals surface area contributed by atoms with Gasteiger partial charge in [-0.1, -0.05) is 36.7 Å². The van der Waals surface area contributed by atoms with E-state index in [9.17, 15) is 4.79 Å². The molecule has 2 rings (SSSR count). The molecule has 3 atom stereocenters. The van der Waals surface area contributed by atoms with Crippen molar-refractivity contribution in [2.24, 2.45) is 0 Å². The highest BCUT2D eigenvalue weighted by Crippen LogP contribution is 2.26. The lowest BCUT2D eigenvalue weighted by molar-refractivity contribution is -0.154. The molecule has 26 heavy (non-hydrogen) atoms. The highest BCUT2D eigenvalue weighted by Gasteiger charge is 2.31. The van der Waals surface area contributed by atoms with Crippen molar-refractivity contribution >= 4 is 17.5 Å². The van der Waals surface area contributed by atoms with Gasteiger partial charge in [-0.25, -0.2) is 0 Å². The normalized spacial score (nSPS) is 25.6. The average Bonchev–Trinajstić information content (AvgIpc) is 2.63. The van der Waals surface area contributed by atoms with E-state index in [-0.39, 0.29) is 18.1 Å². The molecule has 144 valence electrons. The Balaban J connectivity index is 2.08. The standard InChI is InChI=1S/C20H28ClNO4/c1-5-17-19(25-13-14-6-9-16(24-4)10-7-14)12-15(21)8-11-18(26-17)20(23)22(2)3/h6-10,17-19H,5,11-13H2,1-4H3/b15-8+/t17-,18-,19-/m1/s1. The van der Waals surface area contributed by atoms with E-state index in [4.69, 9.17) is 25.8 Å².